The number of ketones is 1. The van der Waals surface area contributed by atoms with Crippen molar-refractivity contribution in [3.05, 3.63) is 99.6 Å². The molecule has 0 aromatic heterocycles. The summed E-state index contributed by atoms with van der Waals surface area (Å²) in [5.41, 5.74) is 4.19. The topological polar surface area (TPSA) is 93.1 Å². The number of aryl methyl sites for hydroxylation is 2. The highest BCUT2D eigenvalue weighted by atomic mass is 16.5. The van der Waals surface area contributed by atoms with E-state index in [4.69, 9.17) is 9.47 Å². The van der Waals surface area contributed by atoms with Crippen LogP contribution in [0, 0.1) is 13.8 Å². The van der Waals surface area contributed by atoms with E-state index in [0.717, 1.165) is 11.1 Å². The molecule has 1 aliphatic rings. The van der Waals surface area contributed by atoms with Crippen molar-refractivity contribution in [3.63, 3.8) is 0 Å². The van der Waals surface area contributed by atoms with Crippen LogP contribution >= 0.6 is 0 Å². The first-order valence-electron chi connectivity index (χ1n) is 13.3. The van der Waals surface area contributed by atoms with Crippen LogP contribution in [0.5, 0.6) is 5.75 Å². The molecule has 208 valence electrons. The lowest BCUT2D eigenvalue weighted by molar-refractivity contribution is -0.132. The molecule has 1 atom stereocenters. The number of anilines is 1. The van der Waals surface area contributed by atoms with E-state index in [2.05, 4.69) is 0 Å². The lowest BCUT2D eigenvalue weighted by Crippen LogP contribution is -2.29. The molecule has 0 spiro atoms. The number of benzene rings is 3. The minimum atomic E-state index is -0.916. The quantitative estimate of drug-likeness (QED) is 0.156. The first-order chi connectivity index (χ1) is 18.9. The van der Waals surface area contributed by atoms with E-state index in [1.165, 1.54) is 11.0 Å². The molecule has 1 heterocycles. The first kappa shape index (κ1) is 28.6. The van der Waals surface area contributed by atoms with Crippen LogP contribution < -0.4 is 9.64 Å². The summed E-state index contributed by atoms with van der Waals surface area (Å²) in [6.07, 6.45) is -0.318. The fourth-order valence-electron chi connectivity index (χ4n) is 5.05. The zero-order valence-corrected chi connectivity index (χ0v) is 23.9. The highest BCUT2D eigenvalue weighted by Gasteiger charge is 2.47. The molecule has 0 radical (unpaired) electrons. The van der Waals surface area contributed by atoms with Gasteiger partial charge in [-0.1, -0.05) is 49.7 Å². The van der Waals surface area contributed by atoms with Crippen LogP contribution in [-0.2, 0) is 14.3 Å². The molecule has 1 N–H and O–H groups in total. The van der Waals surface area contributed by atoms with Gasteiger partial charge in [0.15, 0.2) is 0 Å². The second kappa shape index (κ2) is 11.4. The normalized spacial score (nSPS) is 16.6. The molecule has 1 unspecified atom stereocenters. The third-order valence-electron chi connectivity index (χ3n) is 6.96. The zero-order valence-electron chi connectivity index (χ0n) is 23.9. The van der Waals surface area contributed by atoms with Gasteiger partial charge < -0.3 is 14.6 Å². The molecule has 0 saturated carbocycles. The average Bonchev–Trinajstić information content (AvgIpc) is 3.17. The molecule has 1 aliphatic heterocycles. The summed E-state index contributed by atoms with van der Waals surface area (Å²) in [4.78, 5) is 41.3. The summed E-state index contributed by atoms with van der Waals surface area (Å²) in [7, 11) is 1.59. The highest BCUT2D eigenvalue weighted by Crippen LogP contribution is 2.43. The molecular weight excluding hydrogens is 506 g/mol. The Kier molecular flexibility index (Phi) is 8.14. The molecule has 1 saturated heterocycles. The van der Waals surface area contributed by atoms with Gasteiger partial charge in [-0.25, -0.2) is 4.79 Å². The van der Waals surface area contributed by atoms with Gasteiger partial charge >= 0.3 is 5.97 Å². The number of aliphatic hydroxyl groups is 1. The number of carbonyl (C=O) groups excluding carboxylic acids is 3. The van der Waals surface area contributed by atoms with Gasteiger partial charge in [-0.3, -0.25) is 14.5 Å². The third-order valence-corrected chi connectivity index (χ3v) is 6.96. The number of rotatable bonds is 7. The van der Waals surface area contributed by atoms with Crippen LogP contribution in [0.15, 0.2) is 66.2 Å². The largest absolute Gasteiger partial charge is 0.507 e. The molecule has 1 amide bonds. The Balaban J connectivity index is 1.95. The Labute approximate surface area is 235 Å². The van der Waals surface area contributed by atoms with E-state index < -0.39 is 23.7 Å². The summed E-state index contributed by atoms with van der Waals surface area (Å²) in [5, 5.41) is 11.7. The van der Waals surface area contributed by atoms with Crippen molar-refractivity contribution in [1.29, 1.82) is 0 Å². The third kappa shape index (κ3) is 5.37. The van der Waals surface area contributed by atoms with E-state index in [1.807, 2.05) is 64.1 Å². The highest BCUT2D eigenvalue weighted by molar-refractivity contribution is 6.51. The zero-order chi connectivity index (χ0) is 29.3. The molecule has 40 heavy (non-hydrogen) atoms. The number of amides is 1. The van der Waals surface area contributed by atoms with E-state index in [1.54, 1.807) is 39.2 Å². The minimum absolute atomic E-state index is 0.0197. The number of carbonyl (C=O) groups is 3. The van der Waals surface area contributed by atoms with Crippen molar-refractivity contribution < 1.29 is 29.0 Å². The minimum Gasteiger partial charge on any atom is -0.507 e. The molecule has 0 bridgehead atoms. The van der Waals surface area contributed by atoms with Crippen LogP contribution in [-0.4, -0.2) is 36.0 Å². The van der Waals surface area contributed by atoms with E-state index in [9.17, 15) is 19.5 Å². The SMILES string of the molecule is COc1cc(C)c(/C(O)=C2\C(=O)C(=O)N(c3cccc(C(=O)OC(C)C)c3)C2c2cccc(C)c2)cc1C(C)C. The lowest BCUT2D eigenvalue weighted by Gasteiger charge is -2.26. The van der Waals surface area contributed by atoms with Crippen molar-refractivity contribution in [2.24, 2.45) is 0 Å². The Morgan fingerprint density at radius 3 is 2.27 bits per heavy atom. The van der Waals surface area contributed by atoms with Gasteiger partial charge in [-0.2, -0.15) is 0 Å². The first-order valence-corrected chi connectivity index (χ1v) is 13.3. The second-order valence-electron chi connectivity index (χ2n) is 10.7. The number of aliphatic hydroxyl groups excluding tert-OH is 1. The van der Waals surface area contributed by atoms with Crippen LogP contribution in [0.3, 0.4) is 0 Å². The van der Waals surface area contributed by atoms with Gasteiger partial charge in [-0.15, -0.1) is 0 Å². The van der Waals surface area contributed by atoms with E-state index >= 15 is 0 Å². The summed E-state index contributed by atoms with van der Waals surface area (Å²) in [5.74, 6) is -1.62. The smallest absolute Gasteiger partial charge is 0.338 e. The Morgan fingerprint density at radius 1 is 0.950 bits per heavy atom. The van der Waals surface area contributed by atoms with Crippen molar-refractivity contribution in [2.75, 3.05) is 12.0 Å². The second-order valence-corrected chi connectivity index (χ2v) is 10.7. The van der Waals surface area contributed by atoms with Crippen LogP contribution in [0.2, 0.25) is 0 Å². The van der Waals surface area contributed by atoms with Crippen LogP contribution in [0.1, 0.15) is 77.8 Å². The van der Waals surface area contributed by atoms with Crippen molar-refractivity contribution in [3.8, 4) is 5.75 Å². The van der Waals surface area contributed by atoms with Gasteiger partial charge in [0.1, 0.15) is 11.5 Å². The van der Waals surface area contributed by atoms with Crippen molar-refractivity contribution in [2.45, 2.75) is 59.6 Å². The molecule has 4 rings (SSSR count). The van der Waals surface area contributed by atoms with Crippen molar-refractivity contribution >= 4 is 29.1 Å². The molecule has 7 heteroatoms. The maximum atomic E-state index is 13.7. The predicted octanol–water partition coefficient (Wildman–Crippen LogP) is 6.63. The van der Waals surface area contributed by atoms with Gasteiger partial charge in [0.05, 0.1) is 30.4 Å². The number of hydrogen-bond donors (Lipinski definition) is 1. The van der Waals surface area contributed by atoms with E-state index in [-0.39, 0.29) is 28.9 Å². The standard InChI is InChI=1S/C33H35NO6/c1-18(2)25-17-26(21(6)15-27(25)39-7)30(35)28-29(22-11-8-10-20(5)14-22)34(32(37)31(28)36)24-13-9-12-23(16-24)33(38)40-19(3)4/h8-19,29,35H,1-7H3/b30-28+. The Morgan fingerprint density at radius 2 is 1.65 bits per heavy atom. The van der Waals surface area contributed by atoms with Gasteiger partial charge in [0.25, 0.3) is 11.7 Å². The molecule has 7 nitrogen and oxygen atoms in total. The number of esters is 1. The molecule has 3 aromatic carbocycles. The summed E-state index contributed by atoms with van der Waals surface area (Å²) in [6, 6.07) is 16.6. The maximum Gasteiger partial charge on any atom is 0.338 e. The molecule has 0 aliphatic carbocycles. The number of ether oxygens (including phenoxy) is 2. The van der Waals surface area contributed by atoms with Gasteiger partial charge in [-0.05, 0) is 80.6 Å². The fraction of sp³-hybridized carbons (Fsp3) is 0.303. The van der Waals surface area contributed by atoms with Gasteiger partial charge in [0, 0.05) is 11.3 Å². The number of methoxy groups -OCH3 is 1. The molecule has 3 aromatic rings. The van der Waals surface area contributed by atoms with Crippen LogP contribution in [0.4, 0.5) is 5.69 Å². The molecular formula is C33H35NO6. The van der Waals surface area contributed by atoms with Gasteiger partial charge in [0.2, 0.25) is 0 Å². The number of nitrogens with zero attached hydrogens (tertiary/aromatic N) is 1. The summed E-state index contributed by atoms with van der Waals surface area (Å²) >= 11 is 0. The Bertz CT molecular complexity index is 1520. The summed E-state index contributed by atoms with van der Waals surface area (Å²) in [6.45, 7) is 11.3. The number of Topliss-reactive ketones (excluding diaryl/α,β-unsaturated/α-hetero) is 1. The lowest BCUT2D eigenvalue weighted by atomic mass is 9.90. The fourth-order valence-corrected chi connectivity index (χ4v) is 5.05. The molecule has 1 fully saturated rings. The average molecular weight is 542 g/mol. The van der Waals surface area contributed by atoms with Crippen molar-refractivity contribution in [1.82, 2.24) is 0 Å². The maximum absolute atomic E-state index is 13.7. The number of hydrogen-bond acceptors (Lipinski definition) is 6. The van der Waals surface area contributed by atoms with Crippen LogP contribution in [0.25, 0.3) is 5.76 Å². The van der Waals surface area contributed by atoms with E-state index in [0.29, 0.717) is 28.1 Å². The predicted molar refractivity (Wildman–Crippen MR) is 155 cm³/mol. The Hall–Kier alpha value is -4.39. The summed E-state index contributed by atoms with van der Waals surface area (Å²) < 4.78 is 10.9. The monoisotopic (exact) mass is 541 g/mol.